The number of phenolic OH excluding ortho intramolecular Hbond substituents is 1. The summed E-state index contributed by atoms with van der Waals surface area (Å²) in [6.45, 7) is 3.77. The Balaban J connectivity index is 1.72. The summed E-state index contributed by atoms with van der Waals surface area (Å²) < 4.78 is 5.25. The lowest BCUT2D eigenvalue weighted by Crippen LogP contribution is -2.41. The molecule has 1 aliphatic heterocycles. The van der Waals surface area contributed by atoms with Crippen LogP contribution in [-0.4, -0.2) is 53.1 Å². The van der Waals surface area contributed by atoms with Crippen LogP contribution >= 0.6 is 11.3 Å². The zero-order chi connectivity index (χ0) is 17.8. The molecule has 0 bridgehead atoms. The van der Waals surface area contributed by atoms with Crippen LogP contribution in [0.2, 0.25) is 0 Å². The fraction of sp³-hybridized carbons (Fsp3) is 0.353. The molecule has 1 aromatic carbocycles. The van der Waals surface area contributed by atoms with Gasteiger partial charge in [-0.3, -0.25) is 9.59 Å². The fourth-order valence-corrected chi connectivity index (χ4v) is 3.36. The third-order valence-corrected chi connectivity index (χ3v) is 4.67. The number of ether oxygens (including phenoxy) is 1. The molecule has 2 heterocycles. The zero-order valence-corrected chi connectivity index (χ0v) is 14.6. The molecular weight excluding hydrogens is 342 g/mol. The Morgan fingerprint density at radius 1 is 1.36 bits per heavy atom. The van der Waals surface area contributed by atoms with Crippen LogP contribution in [0.25, 0.3) is 11.3 Å². The normalized spacial score (nSPS) is 14.4. The number of aromatic hydroxyl groups is 1. The molecule has 132 valence electrons. The van der Waals surface area contributed by atoms with Crippen LogP contribution in [0.15, 0.2) is 23.6 Å². The molecule has 0 saturated carbocycles. The minimum atomic E-state index is -0.262. The molecule has 0 spiro atoms. The first kappa shape index (κ1) is 17.4. The zero-order valence-electron chi connectivity index (χ0n) is 13.8. The summed E-state index contributed by atoms with van der Waals surface area (Å²) >= 11 is 1.42. The first-order valence-corrected chi connectivity index (χ1v) is 8.82. The number of rotatable bonds is 4. The number of nitrogens with one attached hydrogen (secondary N) is 1. The van der Waals surface area contributed by atoms with E-state index in [0.717, 1.165) is 10.6 Å². The van der Waals surface area contributed by atoms with Crippen molar-refractivity contribution in [3.8, 4) is 17.0 Å². The van der Waals surface area contributed by atoms with E-state index in [1.807, 2.05) is 5.38 Å². The van der Waals surface area contributed by atoms with Crippen molar-refractivity contribution in [1.82, 2.24) is 9.88 Å². The summed E-state index contributed by atoms with van der Waals surface area (Å²) in [5, 5.41) is 15.0. The number of morpholine rings is 1. The standard InChI is InChI=1S/C17H19N3O4S/c1-11(21)18-13-8-12(2-3-15(13)22)14-10-25-16(19-14)9-17(23)20-4-6-24-7-5-20/h2-3,8,10,22H,4-7,9H2,1H3,(H,18,21). The molecule has 2 aromatic rings. The monoisotopic (exact) mass is 361 g/mol. The van der Waals surface area contributed by atoms with Crippen LogP contribution in [-0.2, 0) is 20.7 Å². The van der Waals surface area contributed by atoms with Crippen molar-refractivity contribution in [3.05, 3.63) is 28.6 Å². The van der Waals surface area contributed by atoms with Gasteiger partial charge in [-0.25, -0.2) is 4.98 Å². The van der Waals surface area contributed by atoms with Gasteiger partial charge in [0.1, 0.15) is 10.8 Å². The number of amides is 2. The predicted octanol–water partition coefficient (Wildman–Crippen LogP) is 1.88. The number of hydrogen-bond donors (Lipinski definition) is 2. The van der Waals surface area contributed by atoms with Crippen molar-refractivity contribution in [2.24, 2.45) is 0 Å². The molecule has 1 aliphatic rings. The van der Waals surface area contributed by atoms with Crippen LogP contribution < -0.4 is 5.32 Å². The molecule has 2 N–H and O–H groups in total. The molecule has 7 nitrogen and oxygen atoms in total. The molecule has 1 aromatic heterocycles. The van der Waals surface area contributed by atoms with Gasteiger partial charge in [-0.2, -0.15) is 0 Å². The Morgan fingerprint density at radius 3 is 2.84 bits per heavy atom. The Morgan fingerprint density at radius 2 is 2.12 bits per heavy atom. The molecule has 3 rings (SSSR count). The number of nitrogens with zero attached hydrogens (tertiary/aromatic N) is 2. The lowest BCUT2D eigenvalue weighted by molar-refractivity contribution is -0.134. The van der Waals surface area contributed by atoms with E-state index < -0.39 is 0 Å². The van der Waals surface area contributed by atoms with Crippen LogP contribution in [0.3, 0.4) is 0 Å². The van der Waals surface area contributed by atoms with Gasteiger partial charge < -0.3 is 20.1 Å². The van der Waals surface area contributed by atoms with Crippen molar-refractivity contribution >= 4 is 28.8 Å². The highest BCUT2D eigenvalue weighted by Gasteiger charge is 2.18. The first-order chi connectivity index (χ1) is 12.0. The summed E-state index contributed by atoms with van der Waals surface area (Å²) in [6.07, 6.45) is 0.265. The third-order valence-electron chi connectivity index (χ3n) is 3.82. The van der Waals surface area contributed by atoms with E-state index in [2.05, 4.69) is 10.3 Å². The van der Waals surface area contributed by atoms with Gasteiger partial charge in [-0.1, -0.05) is 0 Å². The van der Waals surface area contributed by atoms with Crippen molar-refractivity contribution in [2.75, 3.05) is 31.6 Å². The van der Waals surface area contributed by atoms with Gasteiger partial charge in [0, 0.05) is 31.0 Å². The first-order valence-electron chi connectivity index (χ1n) is 7.94. The highest BCUT2D eigenvalue weighted by atomic mass is 32.1. The van der Waals surface area contributed by atoms with Gasteiger partial charge >= 0.3 is 0 Å². The van der Waals surface area contributed by atoms with Crippen molar-refractivity contribution in [1.29, 1.82) is 0 Å². The lowest BCUT2D eigenvalue weighted by Gasteiger charge is -2.26. The van der Waals surface area contributed by atoms with Gasteiger partial charge in [0.15, 0.2) is 0 Å². The molecule has 2 amide bonds. The molecule has 0 radical (unpaired) electrons. The molecule has 8 heteroatoms. The Kier molecular flexibility index (Phi) is 5.30. The lowest BCUT2D eigenvalue weighted by atomic mass is 10.1. The van der Waals surface area contributed by atoms with E-state index in [1.165, 1.54) is 24.3 Å². The maximum Gasteiger partial charge on any atom is 0.229 e. The maximum atomic E-state index is 12.3. The van der Waals surface area contributed by atoms with Crippen LogP contribution in [0.1, 0.15) is 11.9 Å². The van der Waals surface area contributed by atoms with Gasteiger partial charge in [-0.05, 0) is 18.2 Å². The minimum Gasteiger partial charge on any atom is -0.506 e. The smallest absolute Gasteiger partial charge is 0.229 e. The van der Waals surface area contributed by atoms with Gasteiger partial charge in [0.2, 0.25) is 11.8 Å². The molecular formula is C17H19N3O4S. The van der Waals surface area contributed by atoms with E-state index in [-0.39, 0.29) is 24.0 Å². The van der Waals surface area contributed by atoms with E-state index >= 15 is 0 Å². The number of carbonyl (C=O) groups excluding carboxylic acids is 2. The minimum absolute atomic E-state index is 0.00287. The highest BCUT2D eigenvalue weighted by Crippen LogP contribution is 2.30. The predicted molar refractivity (Wildman–Crippen MR) is 94.6 cm³/mol. The van der Waals surface area contributed by atoms with Crippen molar-refractivity contribution in [3.63, 3.8) is 0 Å². The summed E-state index contributed by atoms with van der Waals surface area (Å²) in [5.74, 6) is -0.215. The second-order valence-electron chi connectivity index (χ2n) is 5.71. The number of anilines is 1. The molecule has 0 atom stereocenters. The van der Waals surface area contributed by atoms with Crippen molar-refractivity contribution in [2.45, 2.75) is 13.3 Å². The van der Waals surface area contributed by atoms with Crippen molar-refractivity contribution < 1.29 is 19.4 Å². The summed E-state index contributed by atoms with van der Waals surface area (Å²) in [5.41, 5.74) is 1.81. The van der Waals surface area contributed by atoms with Gasteiger partial charge in [-0.15, -0.1) is 11.3 Å². The molecule has 1 fully saturated rings. The van der Waals surface area contributed by atoms with Gasteiger partial charge in [0.05, 0.1) is 31.0 Å². The number of aromatic nitrogens is 1. The average Bonchev–Trinajstić information content (AvgIpc) is 3.05. The third kappa shape index (κ3) is 4.34. The second kappa shape index (κ2) is 7.62. The maximum absolute atomic E-state index is 12.3. The average molecular weight is 361 g/mol. The number of benzene rings is 1. The summed E-state index contributed by atoms with van der Waals surface area (Å²) in [6, 6.07) is 4.90. The Hall–Kier alpha value is -2.45. The van der Waals surface area contributed by atoms with E-state index in [1.54, 1.807) is 17.0 Å². The SMILES string of the molecule is CC(=O)Nc1cc(-c2csc(CC(=O)N3CCOCC3)n2)ccc1O. The van der Waals surface area contributed by atoms with E-state index in [4.69, 9.17) is 4.74 Å². The summed E-state index contributed by atoms with van der Waals surface area (Å²) in [4.78, 5) is 29.8. The number of hydrogen-bond acceptors (Lipinski definition) is 6. The van der Waals surface area contributed by atoms with Crippen LogP contribution in [0, 0.1) is 0 Å². The number of carbonyl (C=O) groups is 2. The molecule has 1 saturated heterocycles. The topological polar surface area (TPSA) is 91.8 Å². The molecule has 25 heavy (non-hydrogen) atoms. The Bertz CT molecular complexity index is 784. The number of thiazole rings is 1. The van der Waals surface area contributed by atoms with E-state index in [0.29, 0.717) is 37.7 Å². The van der Waals surface area contributed by atoms with Crippen LogP contribution in [0.4, 0.5) is 5.69 Å². The Labute approximate surface area is 149 Å². The summed E-state index contributed by atoms with van der Waals surface area (Å²) in [7, 11) is 0. The van der Waals surface area contributed by atoms with E-state index in [9.17, 15) is 14.7 Å². The molecule has 0 unspecified atom stereocenters. The molecule has 0 aliphatic carbocycles. The number of phenols is 1. The largest absolute Gasteiger partial charge is 0.506 e. The highest BCUT2D eigenvalue weighted by molar-refractivity contribution is 7.10. The second-order valence-corrected chi connectivity index (χ2v) is 6.65. The van der Waals surface area contributed by atoms with Crippen LogP contribution in [0.5, 0.6) is 5.75 Å². The fourth-order valence-electron chi connectivity index (χ4n) is 2.56. The van der Waals surface area contributed by atoms with Gasteiger partial charge in [0.25, 0.3) is 0 Å². The quantitative estimate of drug-likeness (QED) is 0.811.